The van der Waals surface area contributed by atoms with Crippen molar-refractivity contribution in [2.24, 2.45) is 0 Å². The van der Waals surface area contributed by atoms with Gasteiger partial charge >= 0.3 is 108 Å². The molecule has 5 nitrogen and oxygen atoms in total. The zero-order chi connectivity index (χ0) is 11.9. The van der Waals surface area contributed by atoms with Crippen molar-refractivity contribution < 1.29 is 38.9 Å². The molecule has 0 bridgehead atoms. The molecule has 1 aromatic heterocycles. The van der Waals surface area contributed by atoms with E-state index in [1.54, 1.807) is 6.26 Å². The molecule has 1 fully saturated rings. The Labute approximate surface area is 108 Å². The van der Waals surface area contributed by atoms with Gasteiger partial charge in [0.05, 0.1) is 0 Å². The first kappa shape index (κ1) is 11.1. The predicted octanol–water partition coefficient (Wildman–Crippen LogP) is -2.29. The van der Waals surface area contributed by atoms with Crippen LogP contribution in [0.3, 0.4) is 0 Å². The summed E-state index contributed by atoms with van der Waals surface area (Å²) in [5.74, 6) is -0.124. The Balaban J connectivity index is 1.70. The van der Waals surface area contributed by atoms with Gasteiger partial charge in [0, 0.05) is 0 Å². The maximum atomic E-state index is 11.3. The SMILES string of the molecule is O=c1cc([I-]O[C@]23C=COC2CC3)occ1[OH2+]. The van der Waals surface area contributed by atoms with E-state index >= 15 is 0 Å². The summed E-state index contributed by atoms with van der Waals surface area (Å²) < 4.78 is 17.0. The molecule has 1 unspecified atom stereocenters. The Kier molecular flexibility index (Phi) is 2.62. The van der Waals surface area contributed by atoms with E-state index in [-0.39, 0.29) is 22.9 Å². The van der Waals surface area contributed by atoms with Gasteiger partial charge in [-0.25, -0.2) is 0 Å². The van der Waals surface area contributed by atoms with Crippen LogP contribution in [-0.2, 0) is 7.80 Å². The molecule has 0 saturated heterocycles. The summed E-state index contributed by atoms with van der Waals surface area (Å²) in [6, 6.07) is 1.35. The normalized spacial score (nSPS) is 29.8. The topological polar surface area (TPSA) is 71.6 Å². The molecular formula is C11H11IO5. The van der Waals surface area contributed by atoms with E-state index in [4.69, 9.17) is 17.3 Å². The average molecular weight is 350 g/mol. The van der Waals surface area contributed by atoms with Crippen molar-refractivity contribution in [2.45, 2.75) is 24.5 Å². The van der Waals surface area contributed by atoms with Crippen LogP contribution in [0.2, 0.25) is 0 Å². The monoisotopic (exact) mass is 350 g/mol. The molecular weight excluding hydrogens is 339 g/mol. The molecule has 0 spiro atoms. The molecule has 1 aromatic rings. The third-order valence-electron chi connectivity index (χ3n) is 2.99. The Morgan fingerprint density at radius 1 is 1.59 bits per heavy atom. The summed E-state index contributed by atoms with van der Waals surface area (Å²) in [6.07, 6.45) is 6.88. The molecule has 2 aliphatic rings. The fraction of sp³-hybridized carbons (Fsp3) is 0.364. The zero-order valence-corrected chi connectivity index (χ0v) is 11.0. The molecule has 92 valence electrons. The molecule has 1 aliphatic carbocycles. The van der Waals surface area contributed by atoms with Crippen LogP contribution in [0, 0.1) is 3.77 Å². The first-order chi connectivity index (χ1) is 8.20. The van der Waals surface area contributed by atoms with Crippen LogP contribution in [-0.4, -0.2) is 16.8 Å². The first-order valence-electron chi connectivity index (χ1n) is 5.20. The maximum absolute atomic E-state index is 11.3. The fourth-order valence-corrected chi connectivity index (χ4v) is 3.74. The molecule has 1 saturated carbocycles. The molecule has 2 heterocycles. The van der Waals surface area contributed by atoms with Crippen LogP contribution >= 0.6 is 0 Å². The van der Waals surface area contributed by atoms with Crippen LogP contribution in [0.15, 0.2) is 33.9 Å². The Hall–Kier alpha value is -1.02. The van der Waals surface area contributed by atoms with Crippen molar-refractivity contribution in [1.29, 1.82) is 0 Å². The molecule has 3 rings (SSSR count). The summed E-state index contributed by atoms with van der Waals surface area (Å²) in [5.41, 5.74) is -0.610. The average Bonchev–Trinajstić information content (AvgIpc) is 2.57. The molecule has 2 atom stereocenters. The first-order valence-corrected chi connectivity index (χ1v) is 7.16. The van der Waals surface area contributed by atoms with Gasteiger partial charge in [-0.3, -0.25) is 0 Å². The van der Waals surface area contributed by atoms with Crippen molar-refractivity contribution in [1.82, 2.24) is 0 Å². The van der Waals surface area contributed by atoms with Gasteiger partial charge in [-0.15, -0.1) is 0 Å². The molecule has 0 aromatic carbocycles. The van der Waals surface area contributed by atoms with Crippen molar-refractivity contribution in [3.8, 4) is 5.75 Å². The van der Waals surface area contributed by atoms with Gasteiger partial charge < -0.3 is 0 Å². The molecule has 0 amide bonds. The van der Waals surface area contributed by atoms with Gasteiger partial charge in [0.15, 0.2) is 0 Å². The third kappa shape index (κ3) is 1.85. The summed E-state index contributed by atoms with van der Waals surface area (Å²) in [6.45, 7) is 0. The minimum absolute atomic E-state index is 0.124. The van der Waals surface area contributed by atoms with E-state index in [1.165, 1.54) is 6.07 Å². The summed E-state index contributed by atoms with van der Waals surface area (Å²) in [5, 5.41) is 7.23. The van der Waals surface area contributed by atoms with E-state index in [1.807, 2.05) is 6.08 Å². The Morgan fingerprint density at radius 2 is 2.47 bits per heavy atom. The summed E-state index contributed by atoms with van der Waals surface area (Å²) in [4.78, 5) is 11.3. The quantitative estimate of drug-likeness (QED) is 0.455. The summed E-state index contributed by atoms with van der Waals surface area (Å²) >= 11 is -0.822. The number of rotatable bonds is 3. The van der Waals surface area contributed by atoms with Gasteiger partial charge in [-0.1, -0.05) is 0 Å². The van der Waals surface area contributed by atoms with Crippen LogP contribution < -0.4 is 27.0 Å². The number of hydrogen-bond donors (Lipinski definition) is 0. The minimum atomic E-state index is -0.822. The van der Waals surface area contributed by atoms with Gasteiger partial charge in [-0.05, 0) is 0 Å². The van der Waals surface area contributed by atoms with Crippen molar-refractivity contribution in [3.05, 3.63) is 38.7 Å². The van der Waals surface area contributed by atoms with Crippen LogP contribution in [0.4, 0.5) is 0 Å². The van der Waals surface area contributed by atoms with Crippen molar-refractivity contribution in [3.63, 3.8) is 0 Å². The molecule has 6 heteroatoms. The molecule has 17 heavy (non-hydrogen) atoms. The Morgan fingerprint density at radius 3 is 3.12 bits per heavy atom. The van der Waals surface area contributed by atoms with Gasteiger partial charge in [-0.2, -0.15) is 0 Å². The third-order valence-corrected chi connectivity index (χ3v) is 5.03. The standard InChI is InChI=1S/C11H10IO5/c13-7-5-10(16-6-8(7)14)12-17-11-2-1-9(11)15-4-3-11/h3-6,9,14H,1-2H2/q-1/p+1/t9?,11-/m1/s1. The molecule has 2 N–H and O–H groups in total. The van der Waals surface area contributed by atoms with Gasteiger partial charge in [0.25, 0.3) is 0 Å². The van der Waals surface area contributed by atoms with Crippen LogP contribution in [0.5, 0.6) is 5.75 Å². The number of fused-ring (bicyclic) bond motifs is 1. The van der Waals surface area contributed by atoms with Crippen LogP contribution in [0.1, 0.15) is 12.8 Å². The van der Waals surface area contributed by atoms with E-state index < -0.39 is 21.6 Å². The molecule has 0 radical (unpaired) electrons. The zero-order valence-electron chi connectivity index (χ0n) is 8.81. The van der Waals surface area contributed by atoms with Crippen LogP contribution in [0.25, 0.3) is 0 Å². The number of ether oxygens (including phenoxy) is 1. The Bertz CT molecular complexity index is 523. The van der Waals surface area contributed by atoms with E-state index in [9.17, 15) is 4.79 Å². The fourth-order valence-electron chi connectivity index (χ4n) is 1.82. The second-order valence-corrected chi connectivity index (χ2v) is 5.98. The van der Waals surface area contributed by atoms with E-state index in [2.05, 4.69) is 0 Å². The van der Waals surface area contributed by atoms with E-state index in [0.29, 0.717) is 3.77 Å². The predicted molar refractivity (Wildman–Crippen MR) is 53.8 cm³/mol. The summed E-state index contributed by atoms with van der Waals surface area (Å²) in [7, 11) is 0. The van der Waals surface area contributed by atoms with Crippen molar-refractivity contribution in [2.75, 3.05) is 0 Å². The van der Waals surface area contributed by atoms with Gasteiger partial charge in [0.1, 0.15) is 0 Å². The number of hydrogen-bond acceptors (Lipinski definition) is 4. The van der Waals surface area contributed by atoms with Gasteiger partial charge in [0.2, 0.25) is 0 Å². The second-order valence-electron chi connectivity index (χ2n) is 4.04. The van der Waals surface area contributed by atoms with E-state index in [0.717, 1.165) is 19.1 Å². The van der Waals surface area contributed by atoms with Crippen molar-refractivity contribution >= 4 is 0 Å². The second kappa shape index (κ2) is 4.02. The number of halogens is 1. The molecule has 1 aliphatic heterocycles.